The molecule has 190 valence electrons. The summed E-state index contributed by atoms with van der Waals surface area (Å²) >= 11 is 0. The van der Waals surface area contributed by atoms with E-state index in [4.69, 9.17) is 11.5 Å². The fourth-order valence-electron chi connectivity index (χ4n) is 3.16. The van der Waals surface area contributed by atoms with Gasteiger partial charge < -0.3 is 37.5 Å². The number of carboxylic acids is 1. The molecule has 0 aliphatic rings. The molecule has 0 saturated heterocycles. The number of aromatic amines is 1. The number of imidazole rings is 1. The third kappa shape index (κ3) is 9.57. The average molecular weight is 482 g/mol. The van der Waals surface area contributed by atoms with Crippen LogP contribution in [-0.4, -0.2) is 68.8 Å². The number of aromatic nitrogens is 2. The SMILES string of the molecule is CC(C)CC(NC(=O)C(NC(=O)C(CC(N)=O)NC(=O)C(N)Cc1cnc[nH]1)C(C)C)C(=O)O. The zero-order chi connectivity index (χ0) is 26.0. The van der Waals surface area contributed by atoms with E-state index in [9.17, 15) is 29.1 Å². The van der Waals surface area contributed by atoms with E-state index in [0.29, 0.717) is 5.69 Å². The number of H-pyrrole nitrogens is 1. The lowest BCUT2D eigenvalue weighted by Crippen LogP contribution is -2.59. The molecule has 1 rings (SSSR count). The van der Waals surface area contributed by atoms with E-state index in [0.717, 1.165) is 0 Å². The van der Waals surface area contributed by atoms with Gasteiger partial charge in [0.25, 0.3) is 0 Å². The maximum atomic E-state index is 12.9. The standard InChI is InChI=1S/C21H35N7O6/c1-10(2)5-15(21(33)34)27-20(32)17(11(3)4)28-19(31)14(7-16(23)29)26-18(30)13(22)6-12-8-24-9-25-12/h8-11,13-15,17H,5-7,22H2,1-4H3,(H2,23,29)(H,24,25)(H,26,30)(H,27,32)(H,28,31)(H,33,34). The van der Waals surface area contributed by atoms with Gasteiger partial charge in [-0.1, -0.05) is 27.7 Å². The Labute approximate surface area is 197 Å². The van der Waals surface area contributed by atoms with Gasteiger partial charge in [0, 0.05) is 18.3 Å². The van der Waals surface area contributed by atoms with Gasteiger partial charge >= 0.3 is 5.97 Å². The Morgan fingerprint density at radius 2 is 1.62 bits per heavy atom. The average Bonchev–Trinajstić information content (AvgIpc) is 3.22. The van der Waals surface area contributed by atoms with Crippen LogP contribution in [0.5, 0.6) is 0 Å². The number of carbonyl (C=O) groups excluding carboxylic acids is 4. The van der Waals surface area contributed by atoms with Crippen molar-refractivity contribution in [3.05, 3.63) is 18.2 Å². The van der Waals surface area contributed by atoms with Crippen LogP contribution in [0, 0.1) is 11.8 Å². The van der Waals surface area contributed by atoms with E-state index in [1.54, 1.807) is 13.8 Å². The van der Waals surface area contributed by atoms with Crippen LogP contribution in [0.4, 0.5) is 0 Å². The Hall–Kier alpha value is -3.48. The van der Waals surface area contributed by atoms with E-state index in [1.807, 2.05) is 13.8 Å². The first-order valence-electron chi connectivity index (χ1n) is 11.0. The lowest BCUT2D eigenvalue weighted by molar-refractivity contribution is -0.143. The van der Waals surface area contributed by atoms with E-state index in [-0.39, 0.29) is 18.8 Å². The highest BCUT2D eigenvalue weighted by Gasteiger charge is 2.32. The molecule has 0 spiro atoms. The molecule has 0 saturated carbocycles. The normalized spacial score (nSPS) is 14.7. The number of hydrogen-bond donors (Lipinski definition) is 7. The largest absolute Gasteiger partial charge is 0.480 e. The van der Waals surface area contributed by atoms with Gasteiger partial charge in [0.15, 0.2) is 0 Å². The second-order valence-corrected chi connectivity index (χ2v) is 8.88. The molecule has 1 heterocycles. The number of nitrogens with zero attached hydrogens (tertiary/aromatic N) is 1. The number of nitrogens with one attached hydrogen (secondary N) is 4. The van der Waals surface area contributed by atoms with Crippen molar-refractivity contribution >= 4 is 29.6 Å². The number of rotatable bonds is 14. The Bertz CT molecular complexity index is 856. The molecule has 0 radical (unpaired) electrons. The predicted molar refractivity (Wildman–Crippen MR) is 122 cm³/mol. The van der Waals surface area contributed by atoms with Gasteiger partial charge in [0.05, 0.1) is 18.8 Å². The van der Waals surface area contributed by atoms with Crippen LogP contribution in [0.25, 0.3) is 0 Å². The third-order valence-electron chi connectivity index (χ3n) is 4.94. The summed E-state index contributed by atoms with van der Waals surface area (Å²) in [5.74, 6) is -4.69. The summed E-state index contributed by atoms with van der Waals surface area (Å²) in [5, 5.41) is 16.7. The van der Waals surface area contributed by atoms with Crippen molar-refractivity contribution in [2.24, 2.45) is 23.3 Å². The molecule has 0 fully saturated rings. The van der Waals surface area contributed by atoms with E-state index in [2.05, 4.69) is 25.9 Å². The number of primary amides is 1. The molecule has 13 heteroatoms. The molecule has 4 unspecified atom stereocenters. The number of nitrogens with two attached hydrogens (primary N) is 2. The van der Waals surface area contributed by atoms with Crippen LogP contribution in [-0.2, 0) is 30.4 Å². The van der Waals surface area contributed by atoms with E-state index >= 15 is 0 Å². The van der Waals surface area contributed by atoms with Gasteiger partial charge in [-0.3, -0.25) is 19.2 Å². The number of carboxylic acid groups (broad SMARTS) is 1. The number of amides is 4. The van der Waals surface area contributed by atoms with Crippen molar-refractivity contribution in [3.63, 3.8) is 0 Å². The van der Waals surface area contributed by atoms with Crippen molar-refractivity contribution in [3.8, 4) is 0 Å². The van der Waals surface area contributed by atoms with Crippen LogP contribution < -0.4 is 27.4 Å². The molecule has 9 N–H and O–H groups in total. The maximum absolute atomic E-state index is 12.9. The lowest BCUT2D eigenvalue weighted by Gasteiger charge is -2.27. The Morgan fingerprint density at radius 3 is 2.09 bits per heavy atom. The first-order chi connectivity index (χ1) is 15.8. The summed E-state index contributed by atoms with van der Waals surface area (Å²) in [6, 6.07) is -4.67. The van der Waals surface area contributed by atoms with Gasteiger partial charge in [-0.05, 0) is 18.3 Å². The Balaban J connectivity index is 2.91. The molecule has 0 aromatic carbocycles. The third-order valence-corrected chi connectivity index (χ3v) is 4.94. The van der Waals surface area contributed by atoms with Gasteiger partial charge in [-0.25, -0.2) is 9.78 Å². The second-order valence-electron chi connectivity index (χ2n) is 8.88. The highest BCUT2D eigenvalue weighted by molar-refractivity contribution is 5.96. The molecule has 34 heavy (non-hydrogen) atoms. The van der Waals surface area contributed by atoms with Crippen molar-refractivity contribution in [1.82, 2.24) is 25.9 Å². The number of aliphatic carboxylic acids is 1. The zero-order valence-corrected chi connectivity index (χ0v) is 19.8. The number of carbonyl (C=O) groups is 5. The van der Waals surface area contributed by atoms with Gasteiger partial charge in [-0.2, -0.15) is 0 Å². The molecule has 0 aliphatic heterocycles. The van der Waals surface area contributed by atoms with Crippen LogP contribution in [0.1, 0.15) is 46.2 Å². The smallest absolute Gasteiger partial charge is 0.326 e. The lowest BCUT2D eigenvalue weighted by atomic mass is 9.99. The van der Waals surface area contributed by atoms with Crippen LogP contribution >= 0.6 is 0 Å². The minimum absolute atomic E-state index is 0.00891. The maximum Gasteiger partial charge on any atom is 0.326 e. The molecular formula is C21H35N7O6. The second kappa shape index (κ2) is 13.3. The zero-order valence-electron chi connectivity index (χ0n) is 19.8. The van der Waals surface area contributed by atoms with Crippen molar-refractivity contribution in [1.29, 1.82) is 0 Å². The van der Waals surface area contributed by atoms with Gasteiger partial charge in [0.1, 0.15) is 18.1 Å². The fraction of sp³-hybridized carbons (Fsp3) is 0.619. The van der Waals surface area contributed by atoms with Gasteiger partial charge in [-0.15, -0.1) is 0 Å². The quantitative estimate of drug-likeness (QED) is 0.163. The van der Waals surface area contributed by atoms with Crippen molar-refractivity contribution in [2.75, 3.05) is 0 Å². The summed E-state index contributed by atoms with van der Waals surface area (Å²) in [7, 11) is 0. The molecule has 13 nitrogen and oxygen atoms in total. The molecule has 0 bridgehead atoms. The van der Waals surface area contributed by atoms with Gasteiger partial charge in [0.2, 0.25) is 23.6 Å². The Morgan fingerprint density at radius 1 is 1.00 bits per heavy atom. The first-order valence-corrected chi connectivity index (χ1v) is 11.0. The highest BCUT2D eigenvalue weighted by atomic mass is 16.4. The molecule has 4 amide bonds. The molecule has 1 aromatic heterocycles. The fourth-order valence-corrected chi connectivity index (χ4v) is 3.16. The highest BCUT2D eigenvalue weighted by Crippen LogP contribution is 2.09. The van der Waals surface area contributed by atoms with Crippen LogP contribution in [0.3, 0.4) is 0 Å². The van der Waals surface area contributed by atoms with E-state index in [1.165, 1.54) is 12.5 Å². The predicted octanol–water partition coefficient (Wildman–Crippen LogP) is -1.60. The summed E-state index contributed by atoms with van der Waals surface area (Å²) in [6.07, 6.45) is 2.72. The van der Waals surface area contributed by atoms with Crippen LogP contribution in [0.15, 0.2) is 12.5 Å². The minimum atomic E-state index is -1.38. The summed E-state index contributed by atoms with van der Waals surface area (Å²) in [6.45, 7) is 6.95. The first kappa shape index (κ1) is 28.6. The molecule has 0 aliphatic carbocycles. The monoisotopic (exact) mass is 481 g/mol. The molecular weight excluding hydrogens is 446 g/mol. The van der Waals surface area contributed by atoms with E-state index < -0.39 is 66.1 Å². The summed E-state index contributed by atoms with van der Waals surface area (Å²) < 4.78 is 0. The van der Waals surface area contributed by atoms with Crippen LogP contribution in [0.2, 0.25) is 0 Å². The molecule has 1 aromatic rings. The topological polar surface area (TPSA) is 222 Å². The Kier molecular flexibility index (Phi) is 11.2. The molecule has 4 atom stereocenters. The minimum Gasteiger partial charge on any atom is -0.480 e. The van der Waals surface area contributed by atoms with Crippen molar-refractivity contribution in [2.45, 2.75) is 71.1 Å². The van der Waals surface area contributed by atoms with Crippen molar-refractivity contribution < 1.29 is 29.1 Å². The summed E-state index contributed by atoms with van der Waals surface area (Å²) in [5.41, 5.74) is 11.7. The number of hydrogen-bond acceptors (Lipinski definition) is 7. The summed E-state index contributed by atoms with van der Waals surface area (Å²) in [4.78, 5) is 67.8.